The van der Waals surface area contributed by atoms with Gasteiger partial charge in [0.1, 0.15) is 11.4 Å². The highest BCUT2D eigenvalue weighted by atomic mass is 35.5. The molecule has 1 fully saturated rings. The number of halogens is 2. The van der Waals surface area contributed by atoms with Gasteiger partial charge in [-0.25, -0.2) is 9.18 Å². The molecule has 1 N–H and O–H groups in total. The topological polar surface area (TPSA) is 46.5 Å². The molecule has 86 valence electrons. The van der Waals surface area contributed by atoms with Crippen LogP contribution in [0.4, 0.5) is 4.39 Å². The Morgan fingerprint density at radius 1 is 1.56 bits per heavy atom. The van der Waals surface area contributed by atoms with Crippen molar-refractivity contribution in [2.75, 3.05) is 6.61 Å². The maximum absolute atomic E-state index is 13.0. The van der Waals surface area contributed by atoms with Crippen LogP contribution in [0.2, 0.25) is 5.02 Å². The van der Waals surface area contributed by atoms with E-state index < -0.39 is 11.8 Å². The Morgan fingerprint density at radius 2 is 2.25 bits per heavy atom. The Bertz CT molecular complexity index is 429. The third-order valence-electron chi connectivity index (χ3n) is 2.40. The quantitative estimate of drug-likeness (QED) is 0.886. The summed E-state index contributed by atoms with van der Waals surface area (Å²) in [5.74, 6) is -1.39. The third kappa shape index (κ3) is 2.44. The van der Waals surface area contributed by atoms with Crippen molar-refractivity contribution in [3.63, 3.8) is 0 Å². The molecule has 1 saturated carbocycles. The van der Waals surface area contributed by atoms with Gasteiger partial charge in [0.2, 0.25) is 0 Å². The van der Waals surface area contributed by atoms with Crippen LogP contribution in [0.5, 0.6) is 5.75 Å². The van der Waals surface area contributed by atoms with E-state index in [2.05, 4.69) is 0 Å². The Kier molecular flexibility index (Phi) is 3.01. The highest BCUT2D eigenvalue weighted by molar-refractivity contribution is 6.32. The van der Waals surface area contributed by atoms with E-state index in [0.717, 1.165) is 25.0 Å². The summed E-state index contributed by atoms with van der Waals surface area (Å²) in [7, 11) is 0. The largest absolute Gasteiger partial charge is 0.491 e. The second-order valence-corrected chi connectivity index (χ2v) is 4.23. The number of carboxylic acids is 1. The lowest BCUT2D eigenvalue weighted by Gasteiger charge is -2.10. The van der Waals surface area contributed by atoms with Gasteiger partial charge in [0.15, 0.2) is 5.75 Å². The summed E-state index contributed by atoms with van der Waals surface area (Å²) in [4.78, 5) is 10.9. The van der Waals surface area contributed by atoms with Gasteiger partial charge < -0.3 is 9.84 Å². The number of hydrogen-bond acceptors (Lipinski definition) is 2. The van der Waals surface area contributed by atoms with Crippen molar-refractivity contribution < 1.29 is 19.0 Å². The van der Waals surface area contributed by atoms with E-state index in [0.29, 0.717) is 12.5 Å². The van der Waals surface area contributed by atoms with Crippen molar-refractivity contribution in [3.05, 3.63) is 28.5 Å². The lowest BCUT2D eigenvalue weighted by molar-refractivity contribution is 0.0691. The van der Waals surface area contributed by atoms with E-state index in [1.165, 1.54) is 0 Å². The number of aromatic carboxylic acids is 1. The average molecular weight is 245 g/mol. The van der Waals surface area contributed by atoms with E-state index in [-0.39, 0.29) is 16.3 Å². The summed E-state index contributed by atoms with van der Waals surface area (Å²) < 4.78 is 18.3. The molecule has 0 saturated heterocycles. The van der Waals surface area contributed by atoms with Crippen molar-refractivity contribution in [2.45, 2.75) is 12.8 Å². The molecule has 0 bridgehead atoms. The molecule has 5 heteroatoms. The van der Waals surface area contributed by atoms with Crippen molar-refractivity contribution in [1.82, 2.24) is 0 Å². The first-order valence-electron chi connectivity index (χ1n) is 4.93. The highest BCUT2D eigenvalue weighted by Gasteiger charge is 2.24. The Morgan fingerprint density at radius 3 is 2.81 bits per heavy atom. The van der Waals surface area contributed by atoms with Gasteiger partial charge in [-0.1, -0.05) is 11.6 Å². The lowest BCUT2D eigenvalue weighted by Crippen LogP contribution is -2.06. The molecule has 0 aliphatic heterocycles. The minimum Gasteiger partial charge on any atom is -0.491 e. The Labute approximate surface area is 96.8 Å². The first-order chi connectivity index (χ1) is 7.58. The molecule has 1 aromatic carbocycles. The van der Waals surface area contributed by atoms with Crippen molar-refractivity contribution in [1.29, 1.82) is 0 Å². The van der Waals surface area contributed by atoms with Crippen molar-refractivity contribution >= 4 is 17.6 Å². The van der Waals surface area contributed by atoms with Crippen LogP contribution in [-0.2, 0) is 0 Å². The van der Waals surface area contributed by atoms with Crippen LogP contribution in [-0.4, -0.2) is 17.7 Å². The average Bonchev–Trinajstić information content (AvgIpc) is 2.98. The van der Waals surface area contributed by atoms with Gasteiger partial charge in [-0.3, -0.25) is 0 Å². The SMILES string of the molecule is O=C(O)c1cc(F)cc(Cl)c1OCC1CC1. The lowest BCUT2D eigenvalue weighted by atomic mass is 10.2. The number of hydrogen-bond donors (Lipinski definition) is 1. The van der Waals surface area contributed by atoms with Gasteiger partial charge >= 0.3 is 5.97 Å². The van der Waals surface area contributed by atoms with Crippen molar-refractivity contribution in [2.24, 2.45) is 5.92 Å². The monoisotopic (exact) mass is 244 g/mol. The van der Waals surface area contributed by atoms with Crippen LogP contribution < -0.4 is 4.74 Å². The number of ether oxygens (including phenoxy) is 1. The molecule has 2 rings (SSSR count). The van der Waals surface area contributed by atoms with Gasteiger partial charge in [-0.05, 0) is 30.9 Å². The van der Waals surface area contributed by atoms with Gasteiger partial charge in [-0.2, -0.15) is 0 Å². The normalized spacial score (nSPS) is 14.9. The van der Waals surface area contributed by atoms with Gasteiger partial charge in [0.25, 0.3) is 0 Å². The fourth-order valence-corrected chi connectivity index (χ4v) is 1.61. The molecule has 0 radical (unpaired) electrons. The van der Waals surface area contributed by atoms with Crippen LogP contribution >= 0.6 is 11.6 Å². The van der Waals surface area contributed by atoms with Gasteiger partial charge in [0.05, 0.1) is 11.6 Å². The molecule has 0 heterocycles. The molecule has 3 nitrogen and oxygen atoms in total. The van der Waals surface area contributed by atoms with E-state index in [9.17, 15) is 9.18 Å². The van der Waals surface area contributed by atoms with E-state index in [1.54, 1.807) is 0 Å². The zero-order chi connectivity index (χ0) is 11.7. The molecule has 1 aliphatic carbocycles. The summed E-state index contributed by atoms with van der Waals surface area (Å²) >= 11 is 5.75. The second kappa shape index (κ2) is 4.29. The van der Waals surface area contributed by atoms with Crippen LogP contribution in [0.3, 0.4) is 0 Å². The number of carbonyl (C=O) groups is 1. The Hall–Kier alpha value is -1.29. The zero-order valence-corrected chi connectivity index (χ0v) is 9.13. The van der Waals surface area contributed by atoms with Crippen LogP contribution in [0.25, 0.3) is 0 Å². The minimum atomic E-state index is -1.24. The fraction of sp³-hybridized carbons (Fsp3) is 0.364. The molecular formula is C11H10ClFO3. The smallest absolute Gasteiger partial charge is 0.339 e. The Balaban J connectivity index is 2.27. The number of rotatable bonds is 4. The van der Waals surface area contributed by atoms with Crippen molar-refractivity contribution in [3.8, 4) is 5.75 Å². The van der Waals surface area contributed by atoms with Gasteiger partial charge in [-0.15, -0.1) is 0 Å². The molecule has 1 aliphatic rings. The van der Waals surface area contributed by atoms with E-state index in [1.807, 2.05) is 0 Å². The summed E-state index contributed by atoms with van der Waals surface area (Å²) in [5, 5.41) is 8.89. The number of carboxylic acid groups (broad SMARTS) is 1. The minimum absolute atomic E-state index is 0.00181. The fourth-order valence-electron chi connectivity index (χ4n) is 1.35. The first kappa shape index (κ1) is 11.2. The van der Waals surface area contributed by atoms with Gasteiger partial charge in [0, 0.05) is 0 Å². The molecular weight excluding hydrogens is 235 g/mol. The predicted octanol–water partition coefficient (Wildman–Crippen LogP) is 2.97. The molecule has 0 unspecified atom stereocenters. The first-order valence-corrected chi connectivity index (χ1v) is 5.31. The summed E-state index contributed by atoms with van der Waals surface area (Å²) in [5.41, 5.74) is -0.231. The standard InChI is InChI=1S/C11H10ClFO3/c12-9-4-7(13)3-8(11(14)15)10(9)16-5-6-1-2-6/h3-4,6H,1-2,5H2,(H,14,15). The molecule has 0 spiro atoms. The third-order valence-corrected chi connectivity index (χ3v) is 2.68. The highest BCUT2D eigenvalue weighted by Crippen LogP contribution is 2.34. The van der Waals surface area contributed by atoms with Crippen LogP contribution in [0, 0.1) is 11.7 Å². The van der Waals surface area contributed by atoms with E-state index in [4.69, 9.17) is 21.4 Å². The summed E-state index contributed by atoms with van der Waals surface area (Å²) in [6.45, 7) is 0.436. The molecule has 0 amide bonds. The summed E-state index contributed by atoms with van der Waals surface area (Å²) in [6, 6.07) is 1.96. The maximum Gasteiger partial charge on any atom is 0.339 e. The molecule has 0 atom stereocenters. The number of benzene rings is 1. The molecule has 0 aromatic heterocycles. The maximum atomic E-state index is 13.0. The van der Waals surface area contributed by atoms with E-state index >= 15 is 0 Å². The van der Waals surface area contributed by atoms with Crippen LogP contribution in [0.1, 0.15) is 23.2 Å². The zero-order valence-electron chi connectivity index (χ0n) is 8.37. The van der Waals surface area contributed by atoms with Crippen LogP contribution in [0.15, 0.2) is 12.1 Å². The summed E-state index contributed by atoms with van der Waals surface area (Å²) in [6.07, 6.45) is 2.17. The predicted molar refractivity (Wildman–Crippen MR) is 56.6 cm³/mol. The second-order valence-electron chi connectivity index (χ2n) is 3.82. The molecule has 16 heavy (non-hydrogen) atoms. The molecule has 1 aromatic rings.